The highest BCUT2D eigenvalue weighted by Gasteiger charge is 1.54. The van der Waals surface area contributed by atoms with Gasteiger partial charge in [0, 0.05) is 7.11 Å². The molecule has 0 spiro atoms. The van der Waals surface area contributed by atoms with Crippen molar-refractivity contribution in [3.63, 3.8) is 0 Å². The summed E-state index contributed by atoms with van der Waals surface area (Å²) in [4.78, 5) is 0. The monoisotopic (exact) mass is 77.0 g/mol. The summed E-state index contributed by atoms with van der Waals surface area (Å²) in [6.45, 7) is 0. The molecule has 4 heavy (non-hydrogen) atoms. The van der Waals surface area contributed by atoms with Gasteiger partial charge in [-0.15, -0.1) is 0 Å². The van der Waals surface area contributed by atoms with Gasteiger partial charge in [0.15, 0.2) is 0 Å². The highest BCUT2D eigenvalue weighted by molar-refractivity contribution is 7.80. The van der Waals surface area contributed by atoms with E-state index in [1.165, 1.54) is 0 Å². The Morgan fingerprint density at radius 1 is 2.00 bits per heavy atom. The number of hydrogen-bond donors (Lipinski definition) is 0. The van der Waals surface area contributed by atoms with E-state index in [1.54, 1.807) is 7.11 Å². The Bertz CT molecular complexity index is 8.00. The van der Waals surface area contributed by atoms with E-state index in [2.05, 4.69) is 17.4 Å². The minimum Gasteiger partial charge on any atom is -0.373 e. The van der Waals surface area contributed by atoms with Crippen LogP contribution in [0.1, 0.15) is 0 Å². The van der Waals surface area contributed by atoms with Crippen molar-refractivity contribution in [1.29, 1.82) is 0 Å². The van der Waals surface area contributed by atoms with E-state index in [0.717, 1.165) is 0 Å². The van der Waals surface area contributed by atoms with E-state index >= 15 is 0 Å². The quantitative estimate of drug-likeness (QED) is 0.449. The molecule has 0 saturated carbocycles. The molecule has 0 aromatic carbocycles. The normalized spacial score (nSPS) is 7.50. The molecule has 0 fully saturated rings. The van der Waals surface area contributed by atoms with Crippen LogP contribution in [0, 0.1) is 0 Å². The second-order valence-electron chi connectivity index (χ2n) is 0.407. The number of rotatable bonds is 1. The van der Waals surface area contributed by atoms with E-state index in [1.807, 2.05) is 0 Å². The minimum atomic E-state index is 0.403. The molecule has 0 bridgehead atoms. The van der Waals surface area contributed by atoms with Gasteiger partial charge in [0.25, 0.3) is 0 Å². The Hall–Kier alpha value is 0.310. The van der Waals surface area contributed by atoms with Gasteiger partial charge in [0.2, 0.25) is 0 Å². The van der Waals surface area contributed by atoms with Crippen LogP contribution in [0.15, 0.2) is 0 Å². The van der Waals surface area contributed by atoms with Crippen molar-refractivity contribution in [3.05, 3.63) is 0 Å². The van der Waals surface area contributed by atoms with E-state index in [9.17, 15) is 0 Å². The molecular weight excluding hydrogens is 72.1 g/mol. The van der Waals surface area contributed by atoms with Crippen molar-refractivity contribution in [2.24, 2.45) is 0 Å². The average molecular weight is 77.1 g/mol. The van der Waals surface area contributed by atoms with Gasteiger partial charge in [-0.2, -0.15) is 0 Å². The number of methoxy groups -OCH3 is 1. The van der Waals surface area contributed by atoms with Crippen LogP contribution in [0.2, 0.25) is 0 Å². The van der Waals surface area contributed by atoms with E-state index in [-0.39, 0.29) is 0 Å². The molecular formula is C2H5OS. The summed E-state index contributed by atoms with van der Waals surface area (Å²) >= 11 is 4.33. The Morgan fingerprint density at radius 3 is 2.25 bits per heavy atom. The van der Waals surface area contributed by atoms with Crippen LogP contribution < -0.4 is 0 Å². The maximum atomic E-state index is 4.36. The summed E-state index contributed by atoms with van der Waals surface area (Å²) in [5, 5.41) is 0. The topological polar surface area (TPSA) is 9.23 Å². The van der Waals surface area contributed by atoms with Crippen LogP contribution in [-0.2, 0) is 4.74 Å². The molecule has 0 N–H and O–H groups in total. The van der Waals surface area contributed by atoms with Gasteiger partial charge in [0.05, 0.1) is 0 Å². The lowest BCUT2D eigenvalue weighted by atomic mass is 11.5. The number of ether oxygens (including phenoxy) is 1. The van der Waals surface area contributed by atoms with E-state index < -0.39 is 0 Å². The Kier molecular flexibility index (Phi) is 3.57. The lowest BCUT2D eigenvalue weighted by molar-refractivity contribution is 0.260. The third-order valence-electron chi connectivity index (χ3n) is 0.118. The zero-order valence-electron chi connectivity index (χ0n) is 2.52. The second-order valence-corrected chi connectivity index (χ2v) is 0.642. The molecule has 0 aromatic heterocycles. The van der Waals surface area contributed by atoms with Crippen molar-refractivity contribution in [2.75, 3.05) is 13.0 Å². The van der Waals surface area contributed by atoms with Gasteiger partial charge < -0.3 is 4.74 Å². The SMILES string of the molecule is COC[S]. The van der Waals surface area contributed by atoms with Crippen LogP contribution in [0.4, 0.5) is 0 Å². The number of hydrogen-bond acceptors (Lipinski definition) is 1. The van der Waals surface area contributed by atoms with Crippen molar-refractivity contribution >= 4 is 12.6 Å². The molecule has 0 saturated heterocycles. The summed E-state index contributed by atoms with van der Waals surface area (Å²) < 4.78 is 4.36. The zero-order valence-corrected chi connectivity index (χ0v) is 3.34. The fourth-order valence-electron chi connectivity index (χ4n) is 0. The molecule has 25 valence electrons. The standard InChI is InChI=1S/C2H5OS/c1-3-2-4/h2H2,1H3. The average Bonchev–Trinajstić information content (AvgIpc) is 1.37. The predicted octanol–water partition coefficient (Wildman–Crippen LogP) is 0.788. The molecule has 0 aliphatic carbocycles. The van der Waals surface area contributed by atoms with Crippen molar-refractivity contribution in [1.82, 2.24) is 0 Å². The third-order valence-corrected chi connectivity index (χ3v) is 0.354. The molecule has 1 nitrogen and oxygen atoms in total. The molecule has 0 heterocycles. The molecule has 0 aliphatic heterocycles. The van der Waals surface area contributed by atoms with Crippen LogP contribution in [-0.4, -0.2) is 13.0 Å². The van der Waals surface area contributed by atoms with Gasteiger partial charge in [-0.1, -0.05) is 12.6 Å². The summed E-state index contributed by atoms with van der Waals surface area (Å²) in [6, 6.07) is 0. The summed E-state index contributed by atoms with van der Waals surface area (Å²) in [7, 11) is 1.58. The first kappa shape index (κ1) is 4.31. The third kappa shape index (κ3) is 2.31. The maximum Gasteiger partial charge on any atom is 0.102 e. The van der Waals surface area contributed by atoms with Gasteiger partial charge >= 0.3 is 0 Å². The second kappa shape index (κ2) is 3.31. The van der Waals surface area contributed by atoms with Crippen LogP contribution in [0.5, 0.6) is 0 Å². The fraction of sp³-hybridized carbons (Fsp3) is 1.00. The van der Waals surface area contributed by atoms with Crippen molar-refractivity contribution in [3.8, 4) is 0 Å². The zero-order chi connectivity index (χ0) is 3.41. The van der Waals surface area contributed by atoms with Gasteiger partial charge in [-0.25, -0.2) is 0 Å². The molecule has 0 amide bonds. The van der Waals surface area contributed by atoms with Gasteiger partial charge in [-0.05, 0) is 0 Å². The van der Waals surface area contributed by atoms with Gasteiger partial charge in [0.1, 0.15) is 5.94 Å². The maximum absolute atomic E-state index is 4.36. The van der Waals surface area contributed by atoms with Crippen molar-refractivity contribution < 1.29 is 4.74 Å². The van der Waals surface area contributed by atoms with Crippen LogP contribution in [0.25, 0.3) is 0 Å². The molecule has 1 radical (unpaired) electrons. The Labute approximate surface area is 31.4 Å². The Morgan fingerprint density at radius 2 is 2.25 bits per heavy atom. The highest BCUT2D eigenvalue weighted by Crippen LogP contribution is 1.65. The van der Waals surface area contributed by atoms with Gasteiger partial charge in [-0.3, -0.25) is 0 Å². The summed E-state index contributed by atoms with van der Waals surface area (Å²) in [5.74, 6) is 0.403. The first-order valence-corrected chi connectivity index (χ1v) is 1.56. The summed E-state index contributed by atoms with van der Waals surface area (Å²) in [5.41, 5.74) is 0. The van der Waals surface area contributed by atoms with Crippen LogP contribution in [0.3, 0.4) is 0 Å². The fourth-order valence-corrected chi connectivity index (χ4v) is 0. The molecule has 2 heteroatoms. The predicted molar refractivity (Wildman–Crippen MR) is 19.5 cm³/mol. The van der Waals surface area contributed by atoms with Crippen LogP contribution >= 0.6 is 12.6 Å². The molecule has 0 unspecified atom stereocenters. The van der Waals surface area contributed by atoms with E-state index in [0.29, 0.717) is 5.94 Å². The first-order valence-electron chi connectivity index (χ1n) is 0.986. The van der Waals surface area contributed by atoms with Crippen molar-refractivity contribution in [2.45, 2.75) is 0 Å². The molecule has 0 atom stereocenters. The molecule has 0 aromatic rings. The highest BCUT2D eigenvalue weighted by atomic mass is 32.1. The lowest BCUT2D eigenvalue weighted by Crippen LogP contribution is -1.69. The Balaban J connectivity index is 1.97. The first-order chi connectivity index (χ1) is 1.91. The minimum absolute atomic E-state index is 0.403. The largest absolute Gasteiger partial charge is 0.373 e. The molecule has 0 aliphatic rings. The smallest absolute Gasteiger partial charge is 0.102 e. The molecule has 0 rings (SSSR count). The lowest BCUT2D eigenvalue weighted by Gasteiger charge is -1.74. The summed E-state index contributed by atoms with van der Waals surface area (Å²) in [6.07, 6.45) is 0. The van der Waals surface area contributed by atoms with E-state index in [4.69, 9.17) is 0 Å².